The summed E-state index contributed by atoms with van der Waals surface area (Å²) in [5.74, 6) is 0.309. The van der Waals surface area contributed by atoms with Crippen LogP contribution in [0, 0.1) is 0 Å². The van der Waals surface area contributed by atoms with E-state index < -0.39 is 0 Å². The van der Waals surface area contributed by atoms with Gasteiger partial charge in [-0.1, -0.05) is 24.3 Å². The molecule has 0 aliphatic rings. The third kappa shape index (κ3) is 2.60. The topological polar surface area (TPSA) is 62.5 Å². The van der Waals surface area contributed by atoms with Crippen molar-refractivity contribution < 1.29 is 14.3 Å². The van der Waals surface area contributed by atoms with Gasteiger partial charge in [0.1, 0.15) is 11.5 Å². The van der Waals surface area contributed by atoms with Crippen molar-refractivity contribution in [2.75, 3.05) is 0 Å². The summed E-state index contributed by atoms with van der Waals surface area (Å²) in [6.07, 6.45) is 1.56. The first-order chi connectivity index (χ1) is 10.1. The minimum absolute atomic E-state index is 0.0298. The predicted molar refractivity (Wildman–Crippen MR) is 80.2 cm³/mol. The summed E-state index contributed by atoms with van der Waals surface area (Å²) in [5, 5.41) is 14.7. The summed E-state index contributed by atoms with van der Waals surface area (Å²) >= 11 is 0. The molecule has 4 nitrogen and oxygen atoms in total. The second-order valence-corrected chi connectivity index (χ2v) is 4.93. The molecule has 0 radical (unpaired) electrons. The van der Waals surface area contributed by atoms with Crippen LogP contribution in [0.5, 0.6) is 5.75 Å². The zero-order chi connectivity index (χ0) is 14.8. The van der Waals surface area contributed by atoms with Crippen molar-refractivity contribution in [3.63, 3.8) is 0 Å². The zero-order valence-corrected chi connectivity index (χ0v) is 11.5. The zero-order valence-electron chi connectivity index (χ0n) is 11.5. The van der Waals surface area contributed by atoms with Crippen LogP contribution < -0.4 is 5.32 Å². The molecule has 3 aromatic rings. The van der Waals surface area contributed by atoms with Crippen LogP contribution in [-0.2, 0) is 0 Å². The normalized spacial score (nSPS) is 12.2. The lowest BCUT2D eigenvalue weighted by atomic mass is 10.0. The SMILES string of the molecule is CC(NC(=O)c1cc2ccccc2cc1O)c1ccco1. The number of carbonyl (C=O) groups excluding carboxylic acids is 1. The summed E-state index contributed by atoms with van der Waals surface area (Å²) in [7, 11) is 0. The molecular weight excluding hydrogens is 266 g/mol. The first-order valence-electron chi connectivity index (χ1n) is 6.71. The van der Waals surface area contributed by atoms with E-state index in [-0.39, 0.29) is 23.3 Å². The van der Waals surface area contributed by atoms with Gasteiger partial charge in [0.2, 0.25) is 0 Å². The Morgan fingerprint density at radius 3 is 2.52 bits per heavy atom. The number of fused-ring (bicyclic) bond motifs is 1. The summed E-state index contributed by atoms with van der Waals surface area (Å²) in [6, 6.07) is 14.2. The van der Waals surface area contributed by atoms with Gasteiger partial charge in [0.05, 0.1) is 17.9 Å². The molecule has 0 aliphatic heterocycles. The third-order valence-corrected chi connectivity index (χ3v) is 3.43. The van der Waals surface area contributed by atoms with Crippen LogP contribution in [-0.4, -0.2) is 11.0 Å². The fraction of sp³-hybridized carbons (Fsp3) is 0.118. The van der Waals surface area contributed by atoms with Gasteiger partial charge in [0.25, 0.3) is 5.91 Å². The molecule has 3 rings (SSSR count). The Balaban J connectivity index is 1.89. The molecule has 1 amide bonds. The number of rotatable bonds is 3. The van der Waals surface area contributed by atoms with Crippen molar-refractivity contribution in [2.24, 2.45) is 0 Å². The molecule has 0 saturated heterocycles. The van der Waals surface area contributed by atoms with Crippen molar-refractivity contribution in [3.05, 3.63) is 66.1 Å². The van der Waals surface area contributed by atoms with Gasteiger partial charge in [0, 0.05) is 0 Å². The second-order valence-electron chi connectivity index (χ2n) is 4.93. The van der Waals surface area contributed by atoms with Crippen LogP contribution in [0.15, 0.2) is 59.2 Å². The quantitative estimate of drug-likeness (QED) is 0.770. The summed E-state index contributed by atoms with van der Waals surface area (Å²) in [6.45, 7) is 1.83. The molecule has 1 unspecified atom stereocenters. The Labute approximate surface area is 122 Å². The van der Waals surface area contributed by atoms with Gasteiger partial charge < -0.3 is 14.8 Å². The van der Waals surface area contributed by atoms with Crippen LogP contribution in [0.1, 0.15) is 29.1 Å². The molecule has 2 aromatic carbocycles. The second kappa shape index (κ2) is 5.32. The largest absolute Gasteiger partial charge is 0.507 e. The van der Waals surface area contributed by atoms with Crippen LogP contribution in [0.2, 0.25) is 0 Å². The number of nitrogens with one attached hydrogen (secondary N) is 1. The van der Waals surface area contributed by atoms with Gasteiger partial charge in [-0.2, -0.15) is 0 Å². The van der Waals surface area contributed by atoms with Gasteiger partial charge in [-0.05, 0) is 42.0 Å². The Morgan fingerprint density at radius 1 is 1.14 bits per heavy atom. The minimum atomic E-state index is -0.331. The highest BCUT2D eigenvalue weighted by atomic mass is 16.3. The standard InChI is InChI=1S/C17H15NO3/c1-11(16-7-4-8-21-16)18-17(20)14-9-12-5-2-3-6-13(12)10-15(14)19/h2-11,19H,1H3,(H,18,20). The van der Waals surface area contributed by atoms with Gasteiger partial charge in [-0.3, -0.25) is 4.79 Å². The molecule has 0 spiro atoms. The Bertz CT molecular complexity index is 778. The van der Waals surface area contributed by atoms with E-state index in [9.17, 15) is 9.90 Å². The molecule has 0 saturated carbocycles. The van der Waals surface area contributed by atoms with E-state index in [4.69, 9.17) is 4.42 Å². The highest BCUT2D eigenvalue weighted by Crippen LogP contribution is 2.25. The van der Waals surface area contributed by atoms with Crippen LogP contribution in [0.25, 0.3) is 10.8 Å². The van der Waals surface area contributed by atoms with Crippen LogP contribution in [0.3, 0.4) is 0 Å². The minimum Gasteiger partial charge on any atom is -0.507 e. The maximum absolute atomic E-state index is 12.3. The highest BCUT2D eigenvalue weighted by Gasteiger charge is 2.16. The van der Waals surface area contributed by atoms with Crippen LogP contribution in [0.4, 0.5) is 0 Å². The number of aromatic hydroxyl groups is 1. The molecule has 1 aromatic heterocycles. The molecule has 0 aliphatic carbocycles. The molecule has 0 bridgehead atoms. The Kier molecular flexibility index (Phi) is 3.36. The van der Waals surface area contributed by atoms with Crippen molar-refractivity contribution in [3.8, 4) is 5.75 Å². The monoisotopic (exact) mass is 281 g/mol. The molecule has 0 fully saturated rings. The van der Waals surface area contributed by atoms with E-state index in [2.05, 4.69) is 5.32 Å². The number of carbonyl (C=O) groups is 1. The maximum Gasteiger partial charge on any atom is 0.255 e. The third-order valence-electron chi connectivity index (χ3n) is 3.43. The Hall–Kier alpha value is -2.75. The lowest BCUT2D eigenvalue weighted by Gasteiger charge is -2.13. The van der Waals surface area contributed by atoms with Crippen LogP contribution >= 0.6 is 0 Å². The van der Waals surface area contributed by atoms with Crippen molar-refractivity contribution >= 4 is 16.7 Å². The number of amides is 1. The fourth-order valence-corrected chi connectivity index (χ4v) is 2.29. The van der Waals surface area contributed by atoms with Crippen molar-refractivity contribution in [1.29, 1.82) is 0 Å². The van der Waals surface area contributed by atoms with E-state index in [0.29, 0.717) is 5.76 Å². The highest BCUT2D eigenvalue weighted by molar-refractivity contribution is 6.01. The number of benzene rings is 2. The Morgan fingerprint density at radius 2 is 1.86 bits per heavy atom. The smallest absolute Gasteiger partial charge is 0.255 e. The van der Waals surface area contributed by atoms with E-state index in [1.54, 1.807) is 30.5 Å². The average Bonchev–Trinajstić information content (AvgIpc) is 3.00. The number of hydrogen-bond donors (Lipinski definition) is 2. The summed E-state index contributed by atoms with van der Waals surface area (Å²) in [4.78, 5) is 12.3. The molecule has 1 heterocycles. The van der Waals surface area contributed by atoms with Gasteiger partial charge in [0.15, 0.2) is 0 Å². The molecule has 4 heteroatoms. The van der Waals surface area contributed by atoms with Gasteiger partial charge in [-0.25, -0.2) is 0 Å². The molecule has 2 N–H and O–H groups in total. The van der Waals surface area contributed by atoms with E-state index in [0.717, 1.165) is 10.8 Å². The van der Waals surface area contributed by atoms with Crippen molar-refractivity contribution in [1.82, 2.24) is 5.32 Å². The summed E-state index contributed by atoms with van der Waals surface area (Å²) in [5.41, 5.74) is 0.257. The molecule has 106 valence electrons. The first-order valence-corrected chi connectivity index (χ1v) is 6.71. The first kappa shape index (κ1) is 13.2. The fourth-order valence-electron chi connectivity index (χ4n) is 2.29. The number of furan rings is 1. The van der Waals surface area contributed by atoms with E-state index >= 15 is 0 Å². The van der Waals surface area contributed by atoms with Gasteiger partial charge in [-0.15, -0.1) is 0 Å². The van der Waals surface area contributed by atoms with Crippen molar-refractivity contribution in [2.45, 2.75) is 13.0 Å². The maximum atomic E-state index is 12.3. The molecule has 1 atom stereocenters. The number of phenolic OH excluding ortho intramolecular Hbond substituents is 1. The van der Waals surface area contributed by atoms with E-state index in [1.165, 1.54) is 0 Å². The lowest BCUT2D eigenvalue weighted by Crippen LogP contribution is -2.26. The lowest BCUT2D eigenvalue weighted by molar-refractivity contribution is 0.0933. The number of hydrogen-bond acceptors (Lipinski definition) is 3. The molecule has 21 heavy (non-hydrogen) atoms. The predicted octanol–water partition coefficient (Wildman–Crippen LogP) is 3.63. The van der Waals surface area contributed by atoms with E-state index in [1.807, 2.05) is 31.2 Å². The average molecular weight is 281 g/mol. The van der Waals surface area contributed by atoms with Gasteiger partial charge >= 0.3 is 0 Å². The molecular formula is C17H15NO3. The number of phenols is 1. The summed E-state index contributed by atoms with van der Waals surface area (Å²) < 4.78 is 5.26.